The Hall–Kier alpha value is -1.41. The number of alkyl halides is 1. The number of hydrogen-bond donors (Lipinski definition) is 1. The molecule has 1 atom stereocenters. The quantitative estimate of drug-likeness (QED) is 0.487. The highest BCUT2D eigenvalue weighted by Gasteiger charge is 2.20. The van der Waals surface area contributed by atoms with Gasteiger partial charge in [-0.1, -0.05) is 15.9 Å². The Balaban J connectivity index is 2.65. The van der Waals surface area contributed by atoms with Gasteiger partial charge in [0.1, 0.15) is 0 Å². The van der Waals surface area contributed by atoms with E-state index in [0.717, 1.165) is 0 Å². The monoisotopic (exact) mass is 319 g/mol. The summed E-state index contributed by atoms with van der Waals surface area (Å²) in [6.45, 7) is 0.919. The Labute approximate surface area is 112 Å². The van der Waals surface area contributed by atoms with Crippen molar-refractivity contribution in [1.82, 2.24) is 9.88 Å². The highest BCUT2D eigenvalue weighted by Crippen LogP contribution is 2.12. The molecule has 0 bridgehead atoms. The number of nitrogens with zero attached hydrogens (tertiary/aromatic N) is 2. The second kappa shape index (κ2) is 6.50. The van der Waals surface area contributed by atoms with E-state index in [0.29, 0.717) is 13.2 Å². The van der Waals surface area contributed by atoms with E-state index in [1.54, 1.807) is 14.2 Å². The fourth-order valence-electron chi connectivity index (χ4n) is 1.43. The summed E-state index contributed by atoms with van der Waals surface area (Å²) >= 11 is 3.37. The van der Waals surface area contributed by atoms with Crippen molar-refractivity contribution in [2.45, 2.75) is 4.83 Å². The van der Waals surface area contributed by atoms with Crippen LogP contribution in [0.4, 0.5) is 5.82 Å². The molecule has 1 rings (SSSR count). The zero-order valence-corrected chi connectivity index (χ0v) is 11.6. The molecule has 0 fully saturated rings. The molecule has 1 amide bonds. The number of H-pyrrole nitrogens is 1. The number of hydrogen-bond acceptors (Lipinski definition) is 4. The number of ether oxygens (including phenoxy) is 1. The van der Waals surface area contributed by atoms with Gasteiger partial charge in [0.2, 0.25) is 0 Å². The van der Waals surface area contributed by atoms with Crippen molar-refractivity contribution in [2.24, 2.45) is 0 Å². The van der Waals surface area contributed by atoms with Crippen LogP contribution in [0, 0.1) is 10.1 Å². The second-order valence-electron chi connectivity index (χ2n) is 3.75. The lowest BCUT2D eigenvalue weighted by Gasteiger charge is -2.18. The molecule has 1 heterocycles. The highest BCUT2D eigenvalue weighted by atomic mass is 79.9. The lowest BCUT2D eigenvalue weighted by molar-refractivity contribution is -0.389. The molecule has 18 heavy (non-hydrogen) atoms. The van der Waals surface area contributed by atoms with Crippen LogP contribution in [0.3, 0.4) is 0 Å². The maximum Gasteiger partial charge on any atom is 0.321 e. The molecule has 0 saturated heterocycles. The van der Waals surface area contributed by atoms with E-state index in [1.165, 1.54) is 17.0 Å². The summed E-state index contributed by atoms with van der Waals surface area (Å²) in [6.07, 6.45) is 0. The number of amides is 1. The van der Waals surface area contributed by atoms with Crippen LogP contribution in [0.1, 0.15) is 10.5 Å². The first-order valence-corrected chi connectivity index (χ1v) is 6.09. The molecule has 0 aliphatic rings. The third kappa shape index (κ3) is 3.81. The Kier molecular flexibility index (Phi) is 5.29. The van der Waals surface area contributed by atoms with Crippen molar-refractivity contribution in [1.29, 1.82) is 0 Å². The molecule has 0 aliphatic carbocycles. The third-order valence-corrected chi connectivity index (χ3v) is 2.82. The summed E-state index contributed by atoms with van der Waals surface area (Å²) in [5.74, 6) is -0.498. The van der Waals surface area contributed by atoms with Gasteiger partial charge >= 0.3 is 5.82 Å². The minimum atomic E-state index is -0.574. The zero-order valence-electron chi connectivity index (χ0n) is 10.1. The number of nitro groups is 1. The van der Waals surface area contributed by atoms with Crippen LogP contribution in [0.25, 0.3) is 0 Å². The van der Waals surface area contributed by atoms with E-state index in [4.69, 9.17) is 4.74 Å². The fourth-order valence-corrected chi connectivity index (χ4v) is 2.13. The standard InChI is InChI=1S/C10H14BrN3O4/c1-13(5-7(11)6-18-2)10(15)8-3-4-9(12-8)14(16)17/h3-4,7,12H,5-6H2,1-2H3. The third-order valence-electron chi connectivity index (χ3n) is 2.26. The largest absolute Gasteiger partial charge is 0.383 e. The number of aromatic amines is 1. The van der Waals surface area contributed by atoms with Crippen LogP contribution in [0.15, 0.2) is 12.1 Å². The van der Waals surface area contributed by atoms with Crippen molar-refractivity contribution in [3.05, 3.63) is 27.9 Å². The lowest BCUT2D eigenvalue weighted by Crippen LogP contribution is -2.33. The van der Waals surface area contributed by atoms with Gasteiger partial charge in [-0.05, 0) is 11.0 Å². The molecule has 0 aromatic carbocycles. The number of halogens is 1. The summed E-state index contributed by atoms with van der Waals surface area (Å²) in [5, 5.41) is 10.5. The first-order chi connectivity index (χ1) is 8.45. The van der Waals surface area contributed by atoms with E-state index < -0.39 is 4.92 Å². The van der Waals surface area contributed by atoms with Crippen LogP contribution >= 0.6 is 15.9 Å². The van der Waals surface area contributed by atoms with E-state index in [-0.39, 0.29) is 22.2 Å². The van der Waals surface area contributed by atoms with E-state index in [1.807, 2.05) is 0 Å². The van der Waals surface area contributed by atoms with Crippen molar-refractivity contribution >= 4 is 27.7 Å². The van der Waals surface area contributed by atoms with E-state index >= 15 is 0 Å². The first-order valence-electron chi connectivity index (χ1n) is 5.17. The van der Waals surface area contributed by atoms with Gasteiger partial charge in [-0.3, -0.25) is 4.79 Å². The molecule has 1 unspecified atom stereocenters. The Morgan fingerprint density at radius 1 is 1.67 bits per heavy atom. The number of aromatic nitrogens is 1. The molecule has 8 heteroatoms. The molecule has 7 nitrogen and oxygen atoms in total. The normalized spacial score (nSPS) is 12.2. The average molecular weight is 320 g/mol. The van der Waals surface area contributed by atoms with Crippen LogP contribution in [0.2, 0.25) is 0 Å². The van der Waals surface area contributed by atoms with Gasteiger partial charge in [0, 0.05) is 26.8 Å². The van der Waals surface area contributed by atoms with E-state index in [9.17, 15) is 14.9 Å². The lowest BCUT2D eigenvalue weighted by atomic mass is 10.3. The molecule has 1 N–H and O–H groups in total. The number of carbonyl (C=O) groups excluding carboxylic acids is 1. The second-order valence-corrected chi connectivity index (χ2v) is 5.05. The maximum absolute atomic E-state index is 11.9. The van der Waals surface area contributed by atoms with Gasteiger partial charge in [0.15, 0.2) is 5.69 Å². The SMILES string of the molecule is COCC(Br)CN(C)C(=O)c1ccc([N+](=O)[O-])[nH]1. The maximum atomic E-state index is 11.9. The van der Waals surface area contributed by atoms with Gasteiger partial charge in [-0.15, -0.1) is 0 Å². The van der Waals surface area contributed by atoms with Gasteiger partial charge < -0.3 is 19.8 Å². The zero-order chi connectivity index (χ0) is 13.7. The fraction of sp³-hybridized carbons (Fsp3) is 0.500. The van der Waals surface area contributed by atoms with Crippen LogP contribution in [-0.2, 0) is 4.74 Å². The van der Waals surface area contributed by atoms with Crippen molar-refractivity contribution in [3.63, 3.8) is 0 Å². The summed E-state index contributed by atoms with van der Waals surface area (Å²) in [5.41, 5.74) is 0.196. The minimum Gasteiger partial charge on any atom is -0.383 e. The summed E-state index contributed by atoms with van der Waals surface area (Å²) < 4.78 is 4.94. The molecular formula is C10H14BrN3O4. The topological polar surface area (TPSA) is 88.5 Å². The van der Waals surface area contributed by atoms with Gasteiger partial charge in [-0.2, -0.15) is 0 Å². The van der Waals surface area contributed by atoms with Crippen LogP contribution in [-0.4, -0.2) is 52.9 Å². The van der Waals surface area contributed by atoms with Crippen molar-refractivity contribution in [3.8, 4) is 0 Å². The minimum absolute atomic E-state index is 0.0152. The number of nitrogens with one attached hydrogen (secondary N) is 1. The van der Waals surface area contributed by atoms with Gasteiger partial charge in [0.25, 0.3) is 5.91 Å². The average Bonchev–Trinajstić information content (AvgIpc) is 2.77. The molecule has 100 valence electrons. The van der Waals surface area contributed by atoms with Gasteiger partial charge in [0.05, 0.1) is 11.4 Å². The Morgan fingerprint density at radius 3 is 2.83 bits per heavy atom. The first kappa shape index (κ1) is 14.7. The molecular weight excluding hydrogens is 306 g/mol. The molecule has 0 saturated carbocycles. The van der Waals surface area contributed by atoms with Gasteiger partial charge in [-0.25, -0.2) is 4.98 Å². The Bertz CT molecular complexity index is 435. The summed E-state index contributed by atoms with van der Waals surface area (Å²) in [4.78, 5) is 25.8. The van der Waals surface area contributed by atoms with Crippen LogP contribution < -0.4 is 0 Å². The number of rotatable bonds is 6. The molecule has 0 spiro atoms. The molecule has 0 radical (unpaired) electrons. The molecule has 1 aromatic rings. The molecule has 0 aliphatic heterocycles. The highest BCUT2D eigenvalue weighted by molar-refractivity contribution is 9.09. The summed E-state index contributed by atoms with van der Waals surface area (Å²) in [7, 11) is 3.20. The van der Waals surface area contributed by atoms with E-state index in [2.05, 4.69) is 20.9 Å². The summed E-state index contributed by atoms with van der Waals surface area (Å²) in [6, 6.07) is 2.67. The Morgan fingerprint density at radius 2 is 2.33 bits per heavy atom. The number of carbonyl (C=O) groups is 1. The smallest absolute Gasteiger partial charge is 0.321 e. The van der Waals surface area contributed by atoms with Crippen LogP contribution in [0.5, 0.6) is 0 Å². The molecule has 1 aromatic heterocycles. The predicted molar refractivity (Wildman–Crippen MR) is 69.0 cm³/mol. The van der Waals surface area contributed by atoms with Crippen molar-refractivity contribution in [2.75, 3.05) is 27.3 Å². The van der Waals surface area contributed by atoms with Crippen molar-refractivity contribution < 1.29 is 14.5 Å². The number of methoxy groups -OCH3 is 1. The predicted octanol–water partition coefficient (Wildman–Crippen LogP) is 1.40.